The number of carbonyl (C=O) groups is 1. The monoisotopic (exact) mass is 330 g/mol. The SMILES string of the molecule is Cc1c(/C=C2\Cc3ccccc3C2=O)c(=O)n(-c2ccccc2)n1C. The number of hydrogen-bond acceptors (Lipinski definition) is 2. The van der Waals surface area contributed by atoms with E-state index >= 15 is 0 Å². The first-order chi connectivity index (χ1) is 12.1. The lowest BCUT2D eigenvalue weighted by atomic mass is 10.1. The maximum Gasteiger partial charge on any atom is 0.278 e. The van der Waals surface area contributed by atoms with Crippen molar-refractivity contribution in [2.75, 3.05) is 0 Å². The number of carbonyl (C=O) groups excluding carboxylic acids is 1. The van der Waals surface area contributed by atoms with Crippen molar-refractivity contribution >= 4 is 11.9 Å². The van der Waals surface area contributed by atoms with Gasteiger partial charge in [0, 0.05) is 30.3 Å². The minimum Gasteiger partial charge on any atom is -0.289 e. The van der Waals surface area contributed by atoms with Crippen LogP contribution >= 0.6 is 0 Å². The van der Waals surface area contributed by atoms with Gasteiger partial charge in [0.15, 0.2) is 5.78 Å². The molecule has 2 aromatic carbocycles. The van der Waals surface area contributed by atoms with Crippen LogP contribution in [0.2, 0.25) is 0 Å². The first kappa shape index (κ1) is 15.4. The van der Waals surface area contributed by atoms with Gasteiger partial charge in [-0.15, -0.1) is 0 Å². The van der Waals surface area contributed by atoms with E-state index in [-0.39, 0.29) is 11.3 Å². The zero-order valence-corrected chi connectivity index (χ0v) is 14.2. The normalized spacial score (nSPS) is 15.0. The maximum absolute atomic E-state index is 13.0. The predicted octanol–water partition coefficient (Wildman–Crippen LogP) is 3.31. The number of fused-ring (bicyclic) bond motifs is 1. The van der Waals surface area contributed by atoms with Crippen molar-refractivity contribution in [2.24, 2.45) is 7.05 Å². The van der Waals surface area contributed by atoms with Gasteiger partial charge in [-0.1, -0.05) is 42.5 Å². The molecule has 0 N–H and O–H groups in total. The number of ketones is 1. The highest BCUT2D eigenvalue weighted by Gasteiger charge is 2.25. The van der Waals surface area contributed by atoms with E-state index in [2.05, 4.69) is 0 Å². The Kier molecular flexibility index (Phi) is 3.53. The average molecular weight is 330 g/mol. The van der Waals surface area contributed by atoms with Crippen LogP contribution in [0.25, 0.3) is 11.8 Å². The van der Waals surface area contributed by atoms with Crippen molar-refractivity contribution in [3.05, 3.63) is 92.9 Å². The summed E-state index contributed by atoms with van der Waals surface area (Å²) in [5.41, 5.74) is 4.55. The summed E-state index contributed by atoms with van der Waals surface area (Å²) in [6, 6.07) is 17.1. The third-order valence-corrected chi connectivity index (χ3v) is 4.85. The Balaban J connectivity index is 1.84. The highest BCUT2D eigenvalue weighted by atomic mass is 16.1. The van der Waals surface area contributed by atoms with Crippen LogP contribution in [0.5, 0.6) is 0 Å². The number of rotatable bonds is 2. The Bertz CT molecular complexity index is 1070. The van der Waals surface area contributed by atoms with Gasteiger partial charge in [-0.25, -0.2) is 4.68 Å². The molecule has 4 heteroatoms. The van der Waals surface area contributed by atoms with Crippen LogP contribution in [0.4, 0.5) is 0 Å². The fraction of sp³-hybridized carbons (Fsp3) is 0.143. The molecular formula is C21H18N2O2. The summed E-state index contributed by atoms with van der Waals surface area (Å²) < 4.78 is 3.46. The van der Waals surface area contributed by atoms with Gasteiger partial charge in [-0.3, -0.25) is 14.3 Å². The predicted molar refractivity (Wildman–Crippen MR) is 98.2 cm³/mol. The van der Waals surface area contributed by atoms with Crippen LogP contribution in [-0.4, -0.2) is 15.1 Å². The maximum atomic E-state index is 13.0. The third-order valence-electron chi connectivity index (χ3n) is 4.85. The van der Waals surface area contributed by atoms with E-state index in [1.165, 1.54) is 0 Å². The minimum absolute atomic E-state index is 0.0181. The summed E-state index contributed by atoms with van der Waals surface area (Å²) in [5.74, 6) is 0.0181. The van der Waals surface area contributed by atoms with Crippen molar-refractivity contribution < 1.29 is 4.79 Å². The first-order valence-corrected chi connectivity index (χ1v) is 8.25. The largest absolute Gasteiger partial charge is 0.289 e. The molecule has 25 heavy (non-hydrogen) atoms. The number of para-hydroxylation sites is 1. The van der Waals surface area contributed by atoms with E-state index in [4.69, 9.17) is 0 Å². The van der Waals surface area contributed by atoms with Crippen LogP contribution in [0.3, 0.4) is 0 Å². The molecule has 0 amide bonds. The van der Waals surface area contributed by atoms with Crippen LogP contribution in [0.1, 0.15) is 27.2 Å². The summed E-state index contributed by atoms with van der Waals surface area (Å²) in [6.07, 6.45) is 2.34. The van der Waals surface area contributed by atoms with Gasteiger partial charge in [-0.05, 0) is 30.7 Å². The van der Waals surface area contributed by atoms with Gasteiger partial charge in [0.25, 0.3) is 5.56 Å². The van der Waals surface area contributed by atoms with Gasteiger partial charge in [-0.2, -0.15) is 0 Å². The van der Waals surface area contributed by atoms with Crippen LogP contribution in [0.15, 0.2) is 65.0 Å². The molecule has 0 saturated carbocycles. The Morgan fingerprint density at radius 2 is 1.64 bits per heavy atom. The molecule has 4 nitrogen and oxygen atoms in total. The summed E-state index contributed by atoms with van der Waals surface area (Å²) in [4.78, 5) is 25.6. The van der Waals surface area contributed by atoms with Crippen LogP contribution in [-0.2, 0) is 13.5 Å². The van der Waals surface area contributed by atoms with Crippen molar-refractivity contribution in [3.8, 4) is 5.69 Å². The molecule has 0 spiro atoms. The molecule has 3 aromatic rings. The lowest BCUT2D eigenvalue weighted by molar-refractivity contribution is 0.104. The van der Waals surface area contributed by atoms with Gasteiger partial charge in [0.05, 0.1) is 11.3 Å². The van der Waals surface area contributed by atoms with Crippen molar-refractivity contribution in [3.63, 3.8) is 0 Å². The lowest BCUT2D eigenvalue weighted by Crippen LogP contribution is -2.20. The molecule has 0 unspecified atom stereocenters. The second kappa shape index (κ2) is 5.74. The van der Waals surface area contributed by atoms with Crippen LogP contribution < -0.4 is 5.56 Å². The van der Waals surface area contributed by atoms with Gasteiger partial charge in [0.2, 0.25) is 0 Å². The number of aromatic nitrogens is 2. The Labute approximate surface area is 145 Å². The zero-order chi connectivity index (χ0) is 17.6. The number of hydrogen-bond donors (Lipinski definition) is 0. The molecule has 1 aliphatic rings. The van der Waals surface area contributed by atoms with Crippen molar-refractivity contribution in [1.82, 2.24) is 9.36 Å². The molecule has 1 heterocycles. The minimum atomic E-state index is -0.109. The highest BCUT2D eigenvalue weighted by Crippen LogP contribution is 2.27. The first-order valence-electron chi connectivity index (χ1n) is 8.25. The topological polar surface area (TPSA) is 44.0 Å². The molecule has 0 bridgehead atoms. The molecule has 0 aliphatic heterocycles. The van der Waals surface area contributed by atoms with Crippen LogP contribution in [0, 0.1) is 6.92 Å². The average Bonchev–Trinajstić information content (AvgIpc) is 3.06. The zero-order valence-electron chi connectivity index (χ0n) is 14.2. The number of Topliss-reactive ketones (excluding diaryl/α,β-unsaturated/α-hetero) is 1. The lowest BCUT2D eigenvalue weighted by Gasteiger charge is -2.07. The van der Waals surface area contributed by atoms with E-state index in [9.17, 15) is 9.59 Å². The van der Waals surface area contributed by atoms with Gasteiger partial charge in [0.1, 0.15) is 0 Å². The Morgan fingerprint density at radius 1 is 0.960 bits per heavy atom. The van der Waals surface area contributed by atoms with E-state index in [1.807, 2.05) is 73.3 Å². The molecule has 0 fully saturated rings. The molecule has 4 rings (SSSR count). The quantitative estimate of drug-likeness (QED) is 0.677. The number of allylic oxidation sites excluding steroid dienone is 1. The Hall–Kier alpha value is -3.14. The number of nitrogens with zero attached hydrogens (tertiary/aromatic N) is 2. The summed E-state index contributed by atoms with van der Waals surface area (Å²) in [6.45, 7) is 1.90. The van der Waals surface area contributed by atoms with E-state index < -0.39 is 0 Å². The second-order valence-corrected chi connectivity index (χ2v) is 6.31. The standard InChI is InChI=1S/C21H18N2O2/c1-14-19(13-16-12-15-8-6-7-11-18(15)20(16)24)21(25)23(22(14)2)17-9-4-3-5-10-17/h3-11,13H,12H2,1-2H3/b16-13+. The fourth-order valence-corrected chi connectivity index (χ4v) is 3.40. The van der Waals surface area contributed by atoms with Gasteiger partial charge < -0.3 is 0 Å². The summed E-state index contributed by atoms with van der Waals surface area (Å²) in [7, 11) is 1.86. The van der Waals surface area contributed by atoms with E-state index in [0.29, 0.717) is 17.6 Å². The second-order valence-electron chi connectivity index (χ2n) is 6.31. The smallest absolute Gasteiger partial charge is 0.278 e. The Morgan fingerprint density at radius 3 is 2.36 bits per heavy atom. The van der Waals surface area contributed by atoms with Gasteiger partial charge >= 0.3 is 0 Å². The fourth-order valence-electron chi connectivity index (χ4n) is 3.40. The molecule has 0 radical (unpaired) electrons. The molecule has 1 aromatic heterocycles. The summed E-state index contributed by atoms with van der Waals surface area (Å²) >= 11 is 0. The van der Waals surface area contributed by atoms with E-state index in [1.54, 1.807) is 10.8 Å². The van der Waals surface area contributed by atoms with Crippen molar-refractivity contribution in [1.29, 1.82) is 0 Å². The molecule has 0 saturated heterocycles. The third kappa shape index (κ3) is 2.38. The highest BCUT2D eigenvalue weighted by molar-refractivity contribution is 6.15. The summed E-state index contributed by atoms with van der Waals surface area (Å²) in [5, 5.41) is 0. The van der Waals surface area contributed by atoms with Crippen molar-refractivity contribution in [2.45, 2.75) is 13.3 Å². The molecular weight excluding hydrogens is 312 g/mol. The number of benzene rings is 2. The van der Waals surface area contributed by atoms with E-state index in [0.717, 1.165) is 22.5 Å². The molecule has 1 aliphatic carbocycles. The molecule has 0 atom stereocenters. The molecule has 124 valence electrons.